The molecule has 0 saturated heterocycles. The SMILES string of the molecule is C#CCN(CC)C(=O)Nc1ccc(C(=O)O)c(F)c1. The molecule has 0 aliphatic rings. The second kappa shape index (κ2) is 6.40. The Balaban J connectivity index is 2.83. The molecule has 2 amide bonds. The number of hydrogen-bond acceptors (Lipinski definition) is 2. The number of rotatable bonds is 4. The molecule has 0 heterocycles. The smallest absolute Gasteiger partial charge is 0.338 e. The number of benzene rings is 1. The summed E-state index contributed by atoms with van der Waals surface area (Å²) in [4.78, 5) is 23.7. The van der Waals surface area contributed by atoms with Crippen molar-refractivity contribution in [3.8, 4) is 12.3 Å². The Labute approximate surface area is 110 Å². The number of nitrogens with zero attached hydrogens (tertiary/aromatic N) is 1. The Morgan fingerprint density at radius 1 is 1.53 bits per heavy atom. The van der Waals surface area contributed by atoms with Crippen molar-refractivity contribution in [3.63, 3.8) is 0 Å². The summed E-state index contributed by atoms with van der Waals surface area (Å²) in [6.07, 6.45) is 5.12. The van der Waals surface area contributed by atoms with Crippen LogP contribution in [0.1, 0.15) is 17.3 Å². The highest BCUT2D eigenvalue weighted by Crippen LogP contribution is 2.15. The molecule has 0 aromatic heterocycles. The summed E-state index contributed by atoms with van der Waals surface area (Å²) in [5, 5.41) is 11.1. The summed E-state index contributed by atoms with van der Waals surface area (Å²) in [5.41, 5.74) is -0.281. The topological polar surface area (TPSA) is 69.6 Å². The van der Waals surface area contributed by atoms with Gasteiger partial charge in [-0.2, -0.15) is 0 Å². The molecule has 0 atom stereocenters. The zero-order chi connectivity index (χ0) is 14.4. The number of carbonyl (C=O) groups excluding carboxylic acids is 1. The zero-order valence-corrected chi connectivity index (χ0v) is 10.3. The molecule has 0 radical (unpaired) electrons. The van der Waals surface area contributed by atoms with Crippen molar-refractivity contribution in [2.24, 2.45) is 0 Å². The Morgan fingerprint density at radius 3 is 2.68 bits per heavy atom. The van der Waals surface area contributed by atoms with Crippen LogP contribution in [-0.2, 0) is 0 Å². The minimum atomic E-state index is -1.36. The highest BCUT2D eigenvalue weighted by Gasteiger charge is 2.13. The van der Waals surface area contributed by atoms with Gasteiger partial charge in [0.05, 0.1) is 12.1 Å². The van der Waals surface area contributed by atoms with Crippen LogP contribution < -0.4 is 5.32 Å². The second-order valence-corrected chi connectivity index (χ2v) is 3.65. The maximum Gasteiger partial charge on any atom is 0.338 e. The largest absolute Gasteiger partial charge is 0.478 e. The molecular formula is C13H13FN2O3. The molecule has 6 heteroatoms. The highest BCUT2D eigenvalue weighted by molar-refractivity contribution is 5.91. The van der Waals surface area contributed by atoms with Gasteiger partial charge in [-0.15, -0.1) is 6.42 Å². The van der Waals surface area contributed by atoms with Crippen LogP contribution in [0, 0.1) is 18.2 Å². The summed E-state index contributed by atoms with van der Waals surface area (Å²) in [6.45, 7) is 2.30. The molecular weight excluding hydrogens is 251 g/mol. The van der Waals surface area contributed by atoms with Crippen molar-refractivity contribution in [1.29, 1.82) is 0 Å². The molecule has 0 spiro atoms. The number of nitrogens with one attached hydrogen (secondary N) is 1. The third-order valence-electron chi connectivity index (χ3n) is 2.40. The molecule has 1 rings (SSSR count). The lowest BCUT2D eigenvalue weighted by atomic mass is 10.2. The predicted octanol–water partition coefficient (Wildman–Crippen LogP) is 2.01. The molecule has 100 valence electrons. The van der Waals surface area contributed by atoms with E-state index >= 15 is 0 Å². The third-order valence-corrected chi connectivity index (χ3v) is 2.40. The van der Waals surface area contributed by atoms with Crippen LogP contribution in [0.4, 0.5) is 14.9 Å². The lowest BCUT2D eigenvalue weighted by Gasteiger charge is -2.18. The van der Waals surface area contributed by atoms with Gasteiger partial charge in [-0.05, 0) is 25.1 Å². The summed E-state index contributed by atoms with van der Waals surface area (Å²) in [7, 11) is 0. The lowest BCUT2D eigenvalue weighted by molar-refractivity contribution is 0.0692. The van der Waals surface area contributed by atoms with Crippen molar-refractivity contribution in [1.82, 2.24) is 4.90 Å². The standard InChI is InChI=1S/C13H13FN2O3/c1-3-7-16(4-2)13(19)15-9-5-6-10(12(17)18)11(14)8-9/h1,5-6,8H,4,7H2,2H3,(H,15,19)(H,17,18). The van der Waals surface area contributed by atoms with Crippen molar-refractivity contribution in [2.75, 3.05) is 18.4 Å². The monoisotopic (exact) mass is 264 g/mol. The number of amides is 2. The van der Waals surface area contributed by atoms with Gasteiger partial charge in [0.15, 0.2) is 0 Å². The van der Waals surface area contributed by atoms with E-state index in [4.69, 9.17) is 11.5 Å². The number of terminal acetylenes is 1. The van der Waals surface area contributed by atoms with Gasteiger partial charge >= 0.3 is 12.0 Å². The van der Waals surface area contributed by atoms with Gasteiger partial charge in [0.25, 0.3) is 0 Å². The summed E-state index contributed by atoms with van der Waals surface area (Å²) in [6, 6.07) is 2.88. The molecule has 5 nitrogen and oxygen atoms in total. The van der Waals surface area contributed by atoms with Gasteiger partial charge in [0.1, 0.15) is 5.82 Å². The van der Waals surface area contributed by atoms with Gasteiger partial charge in [-0.3, -0.25) is 0 Å². The van der Waals surface area contributed by atoms with Crippen molar-refractivity contribution >= 4 is 17.7 Å². The van der Waals surface area contributed by atoms with E-state index in [2.05, 4.69) is 11.2 Å². The molecule has 0 aliphatic carbocycles. The minimum Gasteiger partial charge on any atom is -0.478 e. The lowest BCUT2D eigenvalue weighted by Crippen LogP contribution is -2.35. The Kier molecular flexibility index (Phi) is 4.89. The number of carboxylic acids is 1. The number of halogens is 1. The third kappa shape index (κ3) is 3.71. The number of carbonyl (C=O) groups is 2. The van der Waals surface area contributed by atoms with Gasteiger partial charge in [-0.1, -0.05) is 5.92 Å². The minimum absolute atomic E-state index is 0.137. The molecule has 1 aromatic rings. The number of carboxylic acid groups (broad SMARTS) is 1. The number of hydrogen-bond donors (Lipinski definition) is 2. The molecule has 0 aliphatic heterocycles. The van der Waals surface area contributed by atoms with Gasteiger partial charge in [-0.25, -0.2) is 14.0 Å². The molecule has 0 unspecified atom stereocenters. The fourth-order valence-corrected chi connectivity index (χ4v) is 1.41. The fraction of sp³-hybridized carbons (Fsp3) is 0.231. The Bertz CT molecular complexity index is 537. The van der Waals surface area contributed by atoms with Crippen LogP contribution >= 0.6 is 0 Å². The van der Waals surface area contributed by atoms with E-state index in [1.54, 1.807) is 6.92 Å². The quantitative estimate of drug-likeness (QED) is 0.817. The van der Waals surface area contributed by atoms with E-state index in [9.17, 15) is 14.0 Å². The first kappa shape index (κ1) is 14.5. The van der Waals surface area contributed by atoms with Gasteiger partial charge in [0, 0.05) is 12.2 Å². The average molecular weight is 264 g/mol. The van der Waals surface area contributed by atoms with Gasteiger partial charge < -0.3 is 15.3 Å². The number of aromatic carboxylic acids is 1. The van der Waals surface area contributed by atoms with Crippen LogP contribution in [0.3, 0.4) is 0 Å². The van der Waals surface area contributed by atoms with E-state index < -0.39 is 23.4 Å². The number of urea groups is 1. The maximum atomic E-state index is 13.4. The maximum absolute atomic E-state index is 13.4. The highest BCUT2D eigenvalue weighted by atomic mass is 19.1. The summed E-state index contributed by atoms with van der Waals surface area (Å²) < 4.78 is 13.4. The van der Waals surface area contributed by atoms with E-state index in [0.717, 1.165) is 12.1 Å². The normalized spacial score (nSPS) is 9.53. The second-order valence-electron chi connectivity index (χ2n) is 3.65. The first-order valence-corrected chi connectivity index (χ1v) is 5.51. The first-order valence-electron chi connectivity index (χ1n) is 5.51. The van der Waals surface area contributed by atoms with E-state index in [-0.39, 0.29) is 12.2 Å². The average Bonchev–Trinajstić information content (AvgIpc) is 2.35. The molecule has 19 heavy (non-hydrogen) atoms. The van der Waals surface area contributed by atoms with Gasteiger partial charge in [0.2, 0.25) is 0 Å². The summed E-state index contributed by atoms with van der Waals surface area (Å²) in [5.74, 6) is 0.0593. The molecule has 1 aromatic carbocycles. The van der Waals surface area contributed by atoms with Crippen LogP contribution in [0.15, 0.2) is 18.2 Å². The molecule has 0 fully saturated rings. The van der Waals surface area contributed by atoms with Crippen molar-refractivity contribution < 1.29 is 19.1 Å². The molecule has 0 bridgehead atoms. The first-order chi connectivity index (χ1) is 8.99. The van der Waals surface area contributed by atoms with Crippen LogP contribution in [-0.4, -0.2) is 35.1 Å². The van der Waals surface area contributed by atoms with Crippen LogP contribution in [0.25, 0.3) is 0 Å². The van der Waals surface area contributed by atoms with Crippen LogP contribution in [0.2, 0.25) is 0 Å². The molecule has 0 saturated carbocycles. The van der Waals surface area contributed by atoms with E-state index in [1.807, 2.05) is 0 Å². The van der Waals surface area contributed by atoms with Crippen molar-refractivity contribution in [2.45, 2.75) is 6.92 Å². The zero-order valence-electron chi connectivity index (χ0n) is 10.3. The van der Waals surface area contributed by atoms with Crippen molar-refractivity contribution in [3.05, 3.63) is 29.6 Å². The Morgan fingerprint density at radius 2 is 2.21 bits per heavy atom. The van der Waals surface area contributed by atoms with E-state index in [1.165, 1.54) is 11.0 Å². The van der Waals surface area contributed by atoms with Crippen LogP contribution in [0.5, 0.6) is 0 Å². The molecule has 2 N–H and O–H groups in total. The predicted molar refractivity (Wildman–Crippen MR) is 68.5 cm³/mol. The van der Waals surface area contributed by atoms with E-state index in [0.29, 0.717) is 6.54 Å². The summed E-state index contributed by atoms with van der Waals surface area (Å²) >= 11 is 0. The fourth-order valence-electron chi connectivity index (χ4n) is 1.41. The number of anilines is 1. The Hall–Kier alpha value is -2.55.